The predicted octanol–water partition coefficient (Wildman–Crippen LogP) is 3.54. The first-order valence-electron chi connectivity index (χ1n) is 9.46. The number of hydrogen-bond donors (Lipinski definition) is 1. The van der Waals surface area contributed by atoms with Crippen LogP contribution in [0.5, 0.6) is 5.75 Å². The first-order valence-corrected chi connectivity index (χ1v) is 11.4. The van der Waals surface area contributed by atoms with Crippen LogP contribution in [0, 0.1) is 0 Å². The van der Waals surface area contributed by atoms with E-state index in [2.05, 4.69) is 10.1 Å². The molecule has 2 aromatic carbocycles. The van der Waals surface area contributed by atoms with Crippen molar-refractivity contribution in [1.82, 2.24) is 10.1 Å². The summed E-state index contributed by atoms with van der Waals surface area (Å²) in [4.78, 5) is 4.61. The fourth-order valence-corrected chi connectivity index (χ4v) is 4.45. The van der Waals surface area contributed by atoms with Gasteiger partial charge < -0.3 is 15.0 Å². The second kappa shape index (κ2) is 7.27. The molecule has 0 unspecified atom stereocenters. The van der Waals surface area contributed by atoms with Crippen molar-refractivity contribution in [1.29, 1.82) is 0 Å². The minimum atomic E-state index is -3.50. The molecular weight excluding hydrogens is 390 g/mol. The SMILES string of the molecule is CC(C)Oc1ccc(-c2nc(-c3cccc4c3CC[C@H]4N)no2)cc1S(C)(=O)=O. The third kappa shape index (κ3) is 3.77. The maximum Gasteiger partial charge on any atom is 0.258 e. The number of ether oxygens (including phenoxy) is 1. The molecule has 152 valence electrons. The molecule has 0 aliphatic heterocycles. The summed E-state index contributed by atoms with van der Waals surface area (Å²) in [5.41, 5.74) is 9.84. The van der Waals surface area contributed by atoms with Gasteiger partial charge in [-0.3, -0.25) is 0 Å². The monoisotopic (exact) mass is 413 g/mol. The Bertz CT molecular complexity index is 1170. The minimum absolute atomic E-state index is 0.0298. The van der Waals surface area contributed by atoms with Gasteiger partial charge in [0, 0.05) is 23.4 Å². The maximum absolute atomic E-state index is 12.2. The number of sulfone groups is 1. The number of fused-ring (bicyclic) bond motifs is 1. The van der Waals surface area contributed by atoms with Crippen LogP contribution in [-0.4, -0.2) is 30.9 Å². The highest BCUT2D eigenvalue weighted by atomic mass is 32.2. The van der Waals surface area contributed by atoms with Crippen LogP contribution in [0.2, 0.25) is 0 Å². The van der Waals surface area contributed by atoms with Crippen molar-refractivity contribution < 1.29 is 17.7 Å². The third-order valence-corrected chi connectivity index (χ3v) is 6.05. The summed E-state index contributed by atoms with van der Waals surface area (Å²) in [5, 5.41) is 4.12. The molecule has 0 saturated heterocycles. The number of rotatable bonds is 5. The lowest BCUT2D eigenvalue weighted by Gasteiger charge is -2.13. The van der Waals surface area contributed by atoms with Crippen LogP contribution in [0.1, 0.15) is 37.4 Å². The van der Waals surface area contributed by atoms with Crippen molar-refractivity contribution in [3.8, 4) is 28.6 Å². The number of aromatic nitrogens is 2. The van der Waals surface area contributed by atoms with E-state index in [9.17, 15) is 8.42 Å². The van der Waals surface area contributed by atoms with Crippen LogP contribution in [0.4, 0.5) is 0 Å². The number of benzene rings is 2. The fourth-order valence-electron chi connectivity index (χ4n) is 3.63. The van der Waals surface area contributed by atoms with Gasteiger partial charge in [0.05, 0.1) is 6.10 Å². The first-order chi connectivity index (χ1) is 13.7. The molecular formula is C21H23N3O4S. The Hall–Kier alpha value is -2.71. The van der Waals surface area contributed by atoms with Crippen molar-refractivity contribution >= 4 is 9.84 Å². The molecule has 2 N–H and O–H groups in total. The minimum Gasteiger partial charge on any atom is -0.490 e. The standard InChI is InChI=1S/C21H23N3O4S/c1-12(2)27-18-10-7-13(11-19(18)29(3,25)26)21-23-20(24-28-21)16-6-4-5-15-14(16)8-9-17(15)22/h4-7,10-12,17H,8-9,22H2,1-3H3/t17-/m1/s1. The molecule has 1 atom stereocenters. The predicted molar refractivity (Wildman–Crippen MR) is 109 cm³/mol. The molecule has 0 saturated carbocycles. The molecule has 1 heterocycles. The van der Waals surface area contributed by atoms with Gasteiger partial charge >= 0.3 is 0 Å². The van der Waals surface area contributed by atoms with Gasteiger partial charge in [0.25, 0.3) is 5.89 Å². The van der Waals surface area contributed by atoms with Crippen molar-refractivity contribution in [2.24, 2.45) is 5.73 Å². The van der Waals surface area contributed by atoms with Gasteiger partial charge in [0.1, 0.15) is 10.6 Å². The average Bonchev–Trinajstić information content (AvgIpc) is 3.28. The summed E-state index contributed by atoms with van der Waals surface area (Å²) < 4.78 is 35.6. The zero-order valence-electron chi connectivity index (χ0n) is 16.5. The normalized spacial score (nSPS) is 16.2. The topological polar surface area (TPSA) is 108 Å². The molecule has 1 aliphatic rings. The van der Waals surface area contributed by atoms with Crippen LogP contribution in [0.25, 0.3) is 22.8 Å². The second-order valence-electron chi connectivity index (χ2n) is 7.54. The molecule has 8 heteroatoms. The Morgan fingerprint density at radius 3 is 2.76 bits per heavy atom. The highest BCUT2D eigenvalue weighted by molar-refractivity contribution is 7.90. The lowest BCUT2D eigenvalue weighted by Crippen LogP contribution is -2.09. The van der Waals surface area contributed by atoms with Crippen LogP contribution < -0.4 is 10.5 Å². The number of nitrogens with zero attached hydrogens (tertiary/aromatic N) is 2. The third-order valence-electron chi connectivity index (χ3n) is 4.94. The van der Waals surface area contributed by atoms with Gasteiger partial charge in [-0.1, -0.05) is 23.4 Å². The van der Waals surface area contributed by atoms with Gasteiger partial charge in [0.2, 0.25) is 5.82 Å². The Labute approximate surface area is 169 Å². The van der Waals surface area contributed by atoms with Crippen molar-refractivity contribution in [3.05, 3.63) is 47.5 Å². The lowest BCUT2D eigenvalue weighted by atomic mass is 10.0. The number of hydrogen-bond acceptors (Lipinski definition) is 7. The van der Waals surface area contributed by atoms with Crippen molar-refractivity contribution in [3.63, 3.8) is 0 Å². The highest BCUT2D eigenvalue weighted by Crippen LogP contribution is 2.36. The van der Waals surface area contributed by atoms with E-state index in [0.717, 1.165) is 35.8 Å². The Kier molecular flexibility index (Phi) is 4.92. The van der Waals surface area contributed by atoms with Gasteiger partial charge in [-0.15, -0.1) is 0 Å². The smallest absolute Gasteiger partial charge is 0.258 e. The molecule has 0 radical (unpaired) electrons. The molecule has 0 amide bonds. The zero-order valence-corrected chi connectivity index (χ0v) is 17.4. The molecule has 4 rings (SSSR count). The summed E-state index contributed by atoms with van der Waals surface area (Å²) in [6.07, 6.45) is 2.76. The van der Waals surface area contributed by atoms with Gasteiger partial charge in [-0.05, 0) is 56.0 Å². The first kappa shape index (κ1) is 19.6. The van der Waals surface area contributed by atoms with Gasteiger partial charge in [-0.2, -0.15) is 4.98 Å². The van der Waals surface area contributed by atoms with E-state index in [0.29, 0.717) is 17.1 Å². The molecule has 0 bridgehead atoms. The van der Waals surface area contributed by atoms with Crippen LogP contribution >= 0.6 is 0 Å². The van der Waals surface area contributed by atoms with Gasteiger partial charge in [0.15, 0.2) is 9.84 Å². The number of nitrogens with two attached hydrogens (primary N) is 1. The van der Waals surface area contributed by atoms with Crippen LogP contribution in [-0.2, 0) is 16.3 Å². The Balaban J connectivity index is 1.74. The summed E-state index contributed by atoms with van der Waals surface area (Å²) >= 11 is 0. The Morgan fingerprint density at radius 1 is 1.24 bits per heavy atom. The summed E-state index contributed by atoms with van der Waals surface area (Å²) in [6, 6.07) is 10.8. The molecule has 0 spiro atoms. The fraction of sp³-hybridized carbons (Fsp3) is 0.333. The summed E-state index contributed by atoms with van der Waals surface area (Å²) in [6.45, 7) is 3.68. The molecule has 7 nitrogen and oxygen atoms in total. The van der Waals surface area contributed by atoms with E-state index >= 15 is 0 Å². The summed E-state index contributed by atoms with van der Waals surface area (Å²) in [5.74, 6) is 1.02. The van der Waals surface area contributed by atoms with E-state index < -0.39 is 9.84 Å². The van der Waals surface area contributed by atoms with Crippen molar-refractivity contribution in [2.75, 3.05) is 6.26 Å². The molecule has 0 fully saturated rings. The van der Waals surface area contributed by atoms with Gasteiger partial charge in [-0.25, -0.2) is 8.42 Å². The maximum atomic E-state index is 12.2. The zero-order chi connectivity index (χ0) is 20.8. The highest BCUT2D eigenvalue weighted by Gasteiger charge is 2.24. The van der Waals surface area contributed by atoms with E-state index in [4.69, 9.17) is 15.0 Å². The van der Waals surface area contributed by atoms with E-state index in [1.807, 2.05) is 32.0 Å². The van der Waals surface area contributed by atoms with E-state index in [-0.39, 0.29) is 22.9 Å². The summed E-state index contributed by atoms with van der Waals surface area (Å²) in [7, 11) is -3.50. The largest absolute Gasteiger partial charge is 0.490 e. The molecule has 29 heavy (non-hydrogen) atoms. The quantitative estimate of drug-likeness (QED) is 0.681. The average molecular weight is 413 g/mol. The molecule has 3 aromatic rings. The molecule has 1 aromatic heterocycles. The van der Waals surface area contributed by atoms with E-state index in [1.54, 1.807) is 12.1 Å². The Morgan fingerprint density at radius 2 is 2.03 bits per heavy atom. The molecule has 1 aliphatic carbocycles. The van der Waals surface area contributed by atoms with Crippen LogP contribution in [0.15, 0.2) is 45.8 Å². The van der Waals surface area contributed by atoms with E-state index in [1.165, 1.54) is 6.07 Å². The van der Waals surface area contributed by atoms with Crippen LogP contribution in [0.3, 0.4) is 0 Å². The van der Waals surface area contributed by atoms with Crippen molar-refractivity contribution in [2.45, 2.75) is 43.7 Å². The lowest BCUT2D eigenvalue weighted by molar-refractivity contribution is 0.236. The second-order valence-corrected chi connectivity index (χ2v) is 9.53.